The molecule has 2 N–H and O–H groups in total. The number of phenolic OH excluding ortho intramolecular Hbond substituents is 1. The third kappa shape index (κ3) is 10.1. The quantitative estimate of drug-likeness (QED) is 0.0610. The fourth-order valence-corrected chi connectivity index (χ4v) is 11.5. The van der Waals surface area contributed by atoms with Crippen molar-refractivity contribution >= 4 is 0 Å². The normalized spacial score (nSPS) is 26.9. The number of rotatable bonds is 30. The number of aromatic hydroxyl groups is 1. The number of aliphatic hydroxyl groups is 1. The Kier molecular flexibility index (Phi) is 17.4. The maximum absolute atomic E-state index is 13.0. The summed E-state index contributed by atoms with van der Waals surface area (Å²) in [7, 11) is 2.29. The highest BCUT2D eigenvalue weighted by Crippen LogP contribution is 2.70. The smallest absolute Gasteiger partial charge is 0.166 e. The van der Waals surface area contributed by atoms with Crippen molar-refractivity contribution in [3.8, 4) is 11.5 Å². The van der Waals surface area contributed by atoms with E-state index in [1.54, 1.807) is 0 Å². The van der Waals surface area contributed by atoms with Crippen molar-refractivity contribution in [1.29, 1.82) is 0 Å². The number of ether oxygens (including phenoxy) is 1. The molecule has 4 nitrogen and oxygen atoms in total. The molecule has 1 aromatic rings. The lowest BCUT2D eigenvalue weighted by molar-refractivity contribution is -0.180. The van der Waals surface area contributed by atoms with Crippen molar-refractivity contribution in [1.82, 2.24) is 4.90 Å². The predicted octanol–water partition coefficient (Wildman–Crippen LogP) is 13.7. The lowest BCUT2D eigenvalue weighted by Gasteiger charge is -2.64. The molecule has 1 aromatic carbocycles. The minimum Gasteiger partial charge on any atom is -0.504 e. The third-order valence-corrected chi connectivity index (χ3v) is 14.6. The van der Waals surface area contributed by atoms with Gasteiger partial charge < -0.3 is 19.8 Å². The standard InChI is InChI=1S/C49H83NO3/c1-4-6-8-10-12-14-16-18-20-22-24-26-28-30-35-47(52)37-34-42-43-40-41-32-33-44(51)46-45(41)48(42,38-39-50(43)3)49(47,53-46)36-31-29-27-25-23-21-19-17-15-13-11-9-7-5-2/h32-34,37,42-43,51-52H,4-31,35-36,38-40H2,1-3H3/t42-,43+,47-,48-,49-/m0/s1. The zero-order valence-corrected chi connectivity index (χ0v) is 35.0. The number of likely N-dealkylation sites (tertiary alicyclic amines) is 1. The SMILES string of the molecule is CCCCCCCCCCCCCCCC[C@@]12Oc3c(O)ccc4c3[C@@]13CCN(C)[C@H](C4)[C@@H]3C=C[C@@]2(O)CCCCCCCCCCCCCCCC. The molecule has 4 aliphatic rings. The van der Waals surface area contributed by atoms with E-state index >= 15 is 0 Å². The van der Waals surface area contributed by atoms with E-state index in [1.807, 2.05) is 6.07 Å². The highest BCUT2D eigenvalue weighted by Gasteiger charge is 2.75. The second kappa shape index (κ2) is 21.7. The van der Waals surface area contributed by atoms with Crippen LogP contribution < -0.4 is 4.74 Å². The van der Waals surface area contributed by atoms with Gasteiger partial charge in [-0.15, -0.1) is 0 Å². The van der Waals surface area contributed by atoms with Crippen LogP contribution in [0, 0.1) is 5.92 Å². The van der Waals surface area contributed by atoms with Gasteiger partial charge in [0.2, 0.25) is 0 Å². The Balaban J connectivity index is 1.14. The van der Waals surface area contributed by atoms with Gasteiger partial charge in [0.1, 0.15) is 5.60 Å². The van der Waals surface area contributed by atoms with E-state index in [0.717, 1.165) is 45.1 Å². The molecular weight excluding hydrogens is 651 g/mol. The van der Waals surface area contributed by atoms with Crippen molar-refractivity contribution in [2.24, 2.45) is 5.92 Å². The summed E-state index contributed by atoms with van der Waals surface area (Å²) in [6, 6.07) is 4.43. The second-order valence-electron chi connectivity index (χ2n) is 18.4. The molecule has 4 heteroatoms. The maximum atomic E-state index is 13.0. The van der Waals surface area contributed by atoms with Crippen LogP contribution in [0.3, 0.4) is 0 Å². The van der Waals surface area contributed by atoms with Crippen LogP contribution in [0.4, 0.5) is 0 Å². The van der Waals surface area contributed by atoms with E-state index in [-0.39, 0.29) is 11.2 Å². The Hall–Kier alpha value is -1.52. The first-order valence-electron chi connectivity index (χ1n) is 23.6. The zero-order valence-electron chi connectivity index (χ0n) is 35.0. The fourth-order valence-electron chi connectivity index (χ4n) is 11.5. The van der Waals surface area contributed by atoms with Crippen LogP contribution in [-0.2, 0) is 11.8 Å². The van der Waals surface area contributed by atoms with Crippen LogP contribution in [-0.4, -0.2) is 45.9 Å². The number of benzene rings is 1. The molecule has 5 atom stereocenters. The van der Waals surface area contributed by atoms with Gasteiger partial charge in [-0.25, -0.2) is 0 Å². The van der Waals surface area contributed by atoms with Gasteiger partial charge >= 0.3 is 0 Å². The molecule has 0 saturated carbocycles. The molecule has 2 aliphatic heterocycles. The molecule has 53 heavy (non-hydrogen) atoms. The van der Waals surface area contributed by atoms with Gasteiger partial charge in [0.15, 0.2) is 17.1 Å². The molecule has 2 heterocycles. The summed E-state index contributed by atoms with van der Waals surface area (Å²) in [5.74, 6) is 1.27. The van der Waals surface area contributed by atoms with Crippen LogP contribution in [0.5, 0.6) is 11.5 Å². The molecule has 1 fully saturated rings. The zero-order chi connectivity index (χ0) is 37.4. The Morgan fingerprint density at radius 2 is 1.09 bits per heavy atom. The van der Waals surface area contributed by atoms with Gasteiger partial charge in [-0.3, -0.25) is 0 Å². The molecule has 0 radical (unpaired) electrons. The minimum atomic E-state index is -1.03. The number of piperidine rings is 1. The molecule has 0 unspecified atom stereocenters. The summed E-state index contributed by atoms with van der Waals surface area (Å²) in [6.07, 6.45) is 45.7. The summed E-state index contributed by atoms with van der Waals surface area (Å²) in [5.41, 5.74) is 0.561. The van der Waals surface area contributed by atoms with Crippen molar-refractivity contribution in [3.05, 3.63) is 35.4 Å². The van der Waals surface area contributed by atoms with Crippen molar-refractivity contribution in [2.45, 2.75) is 242 Å². The van der Waals surface area contributed by atoms with Crippen LogP contribution in [0.15, 0.2) is 24.3 Å². The molecule has 5 rings (SSSR count). The van der Waals surface area contributed by atoms with Crippen LogP contribution in [0.25, 0.3) is 0 Å². The Morgan fingerprint density at radius 3 is 1.58 bits per heavy atom. The molecule has 1 saturated heterocycles. The average molecular weight is 734 g/mol. The van der Waals surface area contributed by atoms with Gasteiger partial charge in [0.05, 0.1) is 5.41 Å². The summed E-state index contributed by atoms with van der Waals surface area (Å²) in [5, 5.41) is 24.4. The van der Waals surface area contributed by atoms with E-state index in [2.05, 4.69) is 44.0 Å². The van der Waals surface area contributed by atoms with Crippen molar-refractivity contribution in [3.63, 3.8) is 0 Å². The highest BCUT2D eigenvalue weighted by molar-refractivity contribution is 5.64. The van der Waals surface area contributed by atoms with Crippen molar-refractivity contribution in [2.75, 3.05) is 13.6 Å². The Labute approximate surface area is 327 Å². The lowest BCUT2D eigenvalue weighted by atomic mass is 9.45. The summed E-state index contributed by atoms with van der Waals surface area (Å²) < 4.78 is 7.26. The number of hydrogen-bond donors (Lipinski definition) is 2. The number of phenols is 1. The molecular formula is C49H83NO3. The third-order valence-electron chi connectivity index (χ3n) is 14.6. The topological polar surface area (TPSA) is 52.9 Å². The summed E-state index contributed by atoms with van der Waals surface area (Å²) in [4.78, 5) is 2.56. The minimum absolute atomic E-state index is 0.267. The molecule has 2 aliphatic carbocycles. The first-order valence-corrected chi connectivity index (χ1v) is 23.6. The van der Waals surface area contributed by atoms with Gasteiger partial charge in [-0.2, -0.15) is 0 Å². The fraction of sp³-hybridized carbons (Fsp3) is 0.837. The Bertz CT molecular complexity index is 1230. The number of nitrogens with zero attached hydrogens (tertiary/aromatic N) is 1. The maximum Gasteiger partial charge on any atom is 0.166 e. The molecule has 1 spiro atoms. The lowest BCUT2D eigenvalue weighted by Crippen LogP contribution is -2.75. The van der Waals surface area contributed by atoms with Gasteiger partial charge in [-0.1, -0.05) is 205 Å². The molecule has 2 bridgehead atoms. The largest absolute Gasteiger partial charge is 0.504 e. The first-order chi connectivity index (χ1) is 25.9. The van der Waals surface area contributed by atoms with Crippen LogP contribution >= 0.6 is 0 Å². The second-order valence-corrected chi connectivity index (χ2v) is 18.4. The van der Waals surface area contributed by atoms with Gasteiger partial charge in [-0.05, 0) is 57.3 Å². The average Bonchev–Trinajstić information content (AvgIpc) is 3.47. The highest BCUT2D eigenvalue weighted by atomic mass is 16.5. The Morgan fingerprint density at radius 1 is 0.642 bits per heavy atom. The van der Waals surface area contributed by atoms with Gasteiger partial charge in [0.25, 0.3) is 0 Å². The first kappa shape index (κ1) is 42.6. The van der Waals surface area contributed by atoms with E-state index in [0.29, 0.717) is 17.7 Å². The molecule has 302 valence electrons. The number of unbranched alkanes of at least 4 members (excludes halogenated alkanes) is 26. The van der Waals surface area contributed by atoms with E-state index in [9.17, 15) is 10.2 Å². The summed E-state index contributed by atoms with van der Waals surface area (Å²) in [6.45, 7) is 5.61. The van der Waals surface area contributed by atoms with Crippen molar-refractivity contribution < 1.29 is 14.9 Å². The van der Waals surface area contributed by atoms with E-state index in [1.165, 1.54) is 178 Å². The number of likely N-dealkylation sites (N-methyl/N-ethyl adjacent to an activating group) is 1. The van der Waals surface area contributed by atoms with E-state index < -0.39 is 11.2 Å². The monoisotopic (exact) mass is 734 g/mol. The molecule has 0 amide bonds. The molecule has 0 aromatic heterocycles. The summed E-state index contributed by atoms with van der Waals surface area (Å²) >= 11 is 0. The van der Waals surface area contributed by atoms with Crippen LogP contribution in [0.2, 0.25) is 0 Å². The van der Waals surface area contributed by atoms with E-state index in [4.69, 9.17) is 4.74 Å². The predicted molar refractivity (Wildman–Crippen MR) is 225 cm³/mol. The van der Waals surface area contributed by atoms with Crippen LogP contribution in [0.1, 0.15) is 224 Å². The number of hydrogen-bond acceptors (Lipinski definition) is 4. The van der Waals surface area contributed by atoms with Gasteiger partial charge in [0, 0.05) is 17.5 Å².